The Hall–Kier alpha value is -5.71. The summed E-state index contributed by atoms with van der Waals surface area (Å²) in [5.41, 5.74) is -13.1. The third kappa shape index (κ3) is 8.41. The molecule has 0 atom stereocenters. The van der Waals surface area contributed by atoms with Gasteiger partial charge in [0.15, 0.2) is 0 Å². The Kier molecular flexibility index (Phi) is 11.3. The lowest BCUT2D eigenvalue weighted by Crippen LogP contribution is -2.55. The van der Waals surface area contributed by atoms with E-state index in [0.29, 0.717) is 12.1 Å². The first-order chi connectivity index (χ1) is 25.5. The molecule has 0 bridgehead atoms. The molecule has 0 heterocycles. The fraction of sp³-hybridized carbons (Fsp3) is 0.282. The van der Waals surface area contributed by atoms with Crippen molar-refractivity contribution >= 4 is 39.3 Å². The topological polar surface area (TPSA) is 167 Å². The van der Waals surface area contributed by atoms with E-state index < -0.39 is 90.3 Å². The number of sulfone groups is 1. The number of carboxylic acid groups (broad SMARTS) is 2. The number of nitrogens with one attached hydrogen (secondary N) is 2. The van der Waals surface area contributed by atoms with Gasteiger partial charge in [-0.2, -0.15) is 26.3 Å². The monoisotopic (exact) mass is 806 g/mol. The second kappa shape index (κ2) is 14.7. The van der Waals surface area contributed by atoms with E-state index in [1.54, 1.807) is 12.1 Å². The number of hydrogen-bond acceptors (Lipinski definition) is 6. The number of alkyl halides is 6. The Morgan fingerprint density at radius 2 is 0.911 bits per heavy atom. The third-order valence-corrected chi connectivity index (χ3v) is 10.4. The SMILES string of the molecule is CC(C)(C)NC(=O)c1cc(C(c2ccc(C(=O)O)c(C(=O)Nc3ccc(S(=O)(=O)c4ccc(C(C)(C)C)cc4)cc3)c2)(C(F)(F)F)C(F)(F)F)ccc1C(=O)O. The maximum absolute atomic E-state index is 15.2. The van der Waals surface area contributed by atoms with Gasteiger partial charge in [0.1, 0.15) is 0 Å². The van der Waals surface area contributed by atoms with Gasteiger partial charge in [-0.05, 0) is 104 Å². The van der Waals surface area contributed by atoms with Crippen LogP contribution < -0.4 is 10.6 Å². The Labute approximate surface area is 317 Å². The van der Waals surface area contributed by atoms with Crippen molar-refractivity contribution in [3.8, 4) is 0 Å². The van der Waals surface area contributed by atoms with Crippen molar-refractivity contribution in [3.05, 3.63) is 124 Å². The van der Waals surface area contributed by atoms with Crippen LogP contribution in [0.3, 0.4) is 0 Å². The molecule has 4 N–H and O–H groups in total. The Morgan fingerprint density at radius 3 is 1.27 bits per heavy atom. The highest BCUT2D eigenvalue weighted by Crippen LogP contribution is 2.56. The highest BCUT2D eigenvalue weighted by molar-refractivity contribution is 7.91. The molecular formula is C39H36F6N2O8S. The number of hydrogen-bond donors (Lipinski definition) is 4. The van der Waals surface area contributed by atoms with Crippen molar-refractivity contribution in [2.24, 2.45) is 0 Å². The van der Waals surface area contributed by atoms with Crippen LogP contribution >= 0.6 is 0 Å². The molecule has 0 radical (unpaired) electrons. The number of anilines is 1. The maximum atomic E-state index is 15.2. The van der Waals surface area contributed by atoms with Gasteiger partial charge < -0.3 is 20.8 Å². The molecule has 4 aromatic carbocycles. The van der Waals surface area contributed by atoms with Crippen molar-refractivity contribution in [3.63, 3.8) is 0 Å². The van der Waals surface area contributed by atoms with Crippen molar-refractivity contribution in [1.82, 2.24) is 5.32 Å². The second-order valence-corrected chi connectivity index (χ2v) is 16.8. The lowest BCUT2D eigenvalue weighted by Gasteiger charge is -2.39. The molecule has 0 aromatic heterocycles. The Morgan fingerprint density at radius 1 is 0.536 bits per heavy atom. The Bertz CT molecular complexity index is 2290. The van der Waals surface area contributed by atoms with Gasteiger partial charge in [0, 0.05) is 11.2 Å². The van der Waals surface area contributed by atoms with Crippen molar-refractivity contribution in [2.45, 2.75) is 80.1 Å². The summed E-state index contributed by atoms with van der Waals surface area (Å²) in [4.78, 5) is 50.3. The minimum atomic E-state index is -6.29. The number of benzene rings is 4. The van der Waals surface area contributed by atoms with E-state index in [2.05, 4.69) is 10.6 Å². The molecule has 17 heteroatoms. The molecule has 0 spiro atoms. The molecule has 10 nitrogen and oxygen atoms in total. The molecule has 0 saturated carbocycles. The molecule has 298 valence electrons. The normalized spacial score (nSPS) is 12.9. The lowest BCUT2D eigenvalue weighted by atomic mass is 9.71. The molecule has 4 rings (SSSR count). The van der Waals surface area contributed by atoms with Crippen molar-refractivity contribution < 1.29 is 64.2 Å². The summed E-state index contributed by atoms with van der Waals surface area (Å²) >= 11 is 0. The number of carbonyl (C=O) groups excluding carboxylic acids is 2. The van der Waals surface area contributed by atoms with E-state index in [9.17, 15) is 37.8 Å². The van der Waals surface area contributed by atoms with Crippen LogP contribution in [0.4, 0.5) is 32.0 Å². The summed E-state index contributed by atoms with van der Waals surface area (Å²) < 4.78 is 118. The third-order valence-electron chi connectivity index (χ3n) is 8.65. The predicted octanol–water partition coefficient (Wildman–Crippen LogP) is 8.40. The fourth-order valence-corrected chi connectivity index (χ4v) is 7.14. The quantitative estimate of drug-likeness (QED) is 0.122. The summed E-state index contributed by atoms with van der Waals surface area (Å²) in [6.07, 6.45) is -12.6. The van der Waals surface area contributed by atoms with E-state index >= 15 is 26.3 Å². The van der Waals surface area contributed by atoms with Crippen LogP contribution in [0.5, 0.6) is 0 Å². The standard InChI is InChI=1S/C39H36F6N2O8S/c1-35(2,3)21-7-13-25(14-8-21)56(54,55)26-15-11-24(12-16-26)46-31(48)29-19-22(9-17-27(29)33(50)51)37(38(40,41)42,39(43,44)45)23-10-18-28(34(52)53)30(20-23)32(49)47-36(4,5)6/h7-20H,1-6H3,(H,46,48)(H,47,49)(H,50,51)(H,52,53). The first-order valence-corrected chi connectivity index (χ1v) is 18.0. The molecule has 0 saturated heterocycles. The van der Waals surface area contributed by atoms with Crippen LogP contribution in [-0.2, 0) is 20.7 Å². The number of halogens is 6. The van der Waals surface area contributed by atoms with E-state index in [4.69, 9.17) is 0 Å². The average molecular weight is 807 g/mol. The number of amides is 2. The van der Waals surface area contributed by atoms with Crippen LogP contribution in [0.15, 0.2) is 94.7 Å². The van der Waals surface area contributed by atoms with Crippen LogP contribution in [-0.4, -0.2) is 60.3 Å². The van der Waals surface area contributed by atoms with E-state index in [1.165, 1.54) is 32.9 Å². The summed E-state index contributed by atoms with van der Waals surface area (Å²) in [6, 6.07) is 11.9. The van der Waals surface area contributed by atoms with Gasteiger partial charge in [0.05, 0.1) is 32.0 Å². The van der Waals surface area contributed by atoms with Crippen LogP contribution in [0, 0.1) is 0 Å². The molecule has 0 unspecified atom stereocenters. The highest BCUT2D eigenvalue weighted by atomic mass is 32.2. The number of rotatable bonds is 9. The van der Waals surface area contributed by atoms with E-state index in [1.807, 2.05) is 20.8 Å². The molecule has 0 aliphatic heterocycles. The molecule has 2 amide bonds. The van der Waals surface area contributed by atoms with Gasteiger partial charge in [0.25, 0.3) is 11.8 Å². The summed E-state index contributed by atoms with van der Waals surface area (Å²) in [7, 11) is -4.08. The minimum absolute atomic E-state index is 0.0532. The van der Waals surface area contributed by atoms with Gasteiger partial charge in [0.2, 0.25) is 15.3 Å². The summed E-state index contributed by atoms with van der Waals surface area (Å²) in [5, 5.41) is 23.9. The van der Waals surface area contributed by atoms with Gasteiger partial charge in [-0.15, -0.1) is 0 Å². The zero-order chi connectivity index (χ0) is 42.4. The zero-order valence-corrected chi connectivity index (χ0v) is 31.4. The van der Waals surface area contributed by atoms with Crippen LogP contribution in [0.1, 0.15) is 99.7 Å². The molecule has 56 heavy (non-hydrogen) atoms. The first kappa shape index (κ1) is 43.0. The first-order valence-electron chi connectivity index (χ1n) is 16.5. The number of carbonyl (C=O) groups is 4. The lowest BCUT2D eigenvalue weighted by molar-refractivity contribution is -0.288. The smallest absolute Gasteiger partial charge is 0.411 e. The van der Waals surface area contributed by atoms with Crippen LogP contribution in [0.25, 0.3) is 0 Å². The van der Waals surface area contributed by atoms with Crippen LogP contribution in [0.2, 0.25) is 0 Å². The van der Waals surface area contributed by atoms with Gasteiger partial charge in [-0.1, -0.05) is 45.0 Å². The maximum Gasteiger partial charge on any atom is 0.411 e. The van der Waals surface area contributed by atoms with Crippen molar-refractivity contribution in [2.75, 3.05) is 5.32 Å². The highest BCUT2D eigenvalue weighted by Gasteiger charge is 2.72. The Balaban J connectivity index is 1.84. The van der Waals surface area contributed by atoms with Crippen molar-refractivity contribution in [1.29, 1.82) is 0 Å². The molecular weight excluding hydrogens is 770 g/mol. The fourth-order valence-electron chi connectivity index (χ4n) is 5.88. The molecule has 0 fully saturated rings. The van der Waals surface area contributed by atoms with Gasteiger partial charge >= 0.3 is 24.3 Å². The number of carboxylic acids is 2. The minimum Gasteiger partial charge on any atom is -0.478 e. The second-order valence-electron chi connectivity index (χ2n) is 14.8. The zero-order valence-electron chi connectivity index (χ0n) is 30.6. The summed E-state index contributed by atoms with van der Waals surface area (Å²) in [6.45, 7) is 10.1. The summed E-state index contributed by atoms with van der Waals surface area (Å²) in [5.74, 6) is -6.49. The molecule has 0 aliphatic carbocycles. The predicted molar refractivity (Wildman–Crippen MR) is 192 cm³/mol. The van der Waals surface area contributed by atoms with E-state index in [0.717, 1.165) is 29.8 Å². The molecule has 4 aromatic rings. The largest absolute Gasteiger partial charge is 0.478 e. The van der Waals surface area contributed by atoms with E-state index in [-0.39, 0.29) is 45.2 Å². The molecule has 0 aliphatic rings. The van der Waals surface area contributed by atoms with Gasteiger partial charge in [-0.25, -0.2) is 18.0 Å². The average Bonchev–Trinajstić information content (AvgIpc) is 3.06. The number of aromatic carboxylic acids is 2. The van der Waals surface area contributed by atoms with Gasteiger partial charge in [-0.3, -0.25) is 9.59 Å².